The molecule has 0 saturated heterocycles. The molecule has 0 spiro atoms. The summed E-state index contributed by atoms with van der Waals surface area (Å²) in [5, 5.41) is 9.76. The molecule has 0 unspecified atom stereocenters. The van der Waals surface area contributed by atoms with Gasteiger partial charge in [-0.05, 0) is 25.0 Å². The molecule has 1 fully saturated rings. The zero-order valence-corrected chi connectivity index (χ0v) is 11.7. The van der Waals surface area contributed by atoms with E-state index in [1.165, 1.54) is 4.90 Å². The number of carbonyl (C=O) groups excluding carboxylic acids is 1. The van der Waals surface area contributed by atoms with Gasteiger partial charge in [-0.3, -0.25) is 4.79 Å². The molecule has 0 N–H and O–H groups in total. The lowest BCUT2D eigenvalue weighted by Crippen LogP contribution is -2.50. The summed E-state index contributed by atoms with van der Waals surface area (Å²) in [7, 11) is 1.68. The zero-order valence-electron chi connectivity index (χ0n) is 10.9. The van der Waals surface area contributed by atoms with Gasteiger partial charge in [-0.1, -0.05) is 36.9 Å². The molecule has 0 aliphatic heterocycles. The second-order valence-corrected chi connectivity index (χ2v) is 5.30. The third-order valence-corrected chi connectivity index (χ3v) is 3.98. The maximum Gasteiger partial charge on any atom is 0.273 e. The largest absolute Gasteiger partial charge is 0.322 e. The van der Waals surface area contributed by atoms with Crippen LogP contribution in [0.2, 0.25) is 5.15 Å². The molecule has 1 aromatic rings. The van der Waals surface area contributed by atoms with Crippen LogP contribution in [0.5, 0.6) is 0 Å². The quantitative estimate of drug-likeness (QED) is 0.781. The van der Waals surface area contributed by atoms with Crippen molar-refractivity contribution < 1.29 is 4.79 Å². The van der Waals surface area contributed by atoms with Crippen LogP contribution in [-0.2, 0) is 0 Å². The van der Waals surface area contributed by atoms with E-state index >= 15 is 0 Å². The van der Waals surface area contributed by atoms with Crippen molar-refractivity contribution in [2.45, 2.75) is 37.6 Å². The summed E-state index contributed by atoms with van der Waals surface area (Å²) in [5.41, 5.74) is -0.408. The third kappa shape index (κ3) is 2.71. The van der Waals surface area contributed by atoms with E-state index in [1.807, 2.05) is 0 Å². The van der Waals surface area contributed by atoms with Gasteiger partial charge in [0.15, 0.2) is 0 Å². The van der Waals surface area contributed by atoms with Gasteiger partial charge in [-0.25, -0.2) is 4.98 Å². The Morgan fingerprint density at radius 1 is 1.42 bits per heavy atom. The molecule has 1 aliphatic rings. The molecular weight excluding hydrogens is 262 g/mol. The van der Waals surface area contributed by atoms with Crippen molar-refractivity contribution in [1.29, 1.82) is 5.26 Å². The molecule has 0 radical (unpaired) electrons. The highest BCUT2D eigenvalue weighted by molar-refractivity contribution is 6.29. The van der Waals surface area contributed by atoms with E-state index in [-0.39, 0.29) is 16.8 Å². The van der Waals surface area contributed by atoms with Gasteiger partial charge in [0.1, 0.15) is 16.4 Å². The van der Waals surface area contributed by atoms with Gasteiger partial charge in [0, 0.05) is 7.05 Å². The Morgan fingerprint density at radius 3 is 2.68 bits per heavy atom. The molecule has 2 rings (SSSR count). The van der Waals surface area contributed by atoms with E-state index in [0.29, 0.717) is 0 Å². The Hall–Kier alpha value is -1.60. The number of nitriles is 1. The summed E-state index contributed by atoms with van der Waals surface area (Å²) in [6.07, 6.45) is 4.54. The highest BCUT2D eigenvalue weighted by atomic mass is 35.5. The van der Waals surface area contributed by atoms with Gasteiger partial charge in [-0.15, -0.1) is 0 Å². The first-order valence-electron chi connectivity index (χ1n) is 6.41. The van der Waals surface area contributed by atoms with Crippen molar-refractivity contribution in [2.24, 2.45) is 0 Å². The standard InChI is InChI=1S/C14H16ClN3O/c1-18(14(10-16)8-3-2-4-9-14)13(19)11-6-5-7-12(15)17-11/h5-7H,2-4,8-9H2,1H3. The predicted octanol–water partition coefficient (Wildman–Crippen LogP) is 3.03. The number of halogens is 1. The summed E-state index contributed by atoms with van der Waals surface area (Å²) >= 11 is 5.80. The molecule has 4 nitrogen and oxygen atoms in total. The summed E-state index contributed by atoms with van der Waals surface area (Å²) < 4.78 is 0. The van der Waals surface area contributed by atoms with Crippen LogP contribution in [0.15, 0.2) is 18.2 Å². The number of carbonyl (C=O) groups is 1. The van der Waals surface area contributed by atoms with Crippen LogP contribution in [0.4, 0.5) is 0 Å². The van der Waals surface area contributed by atoms with Crippen molar-refractivity contribution in [2.75, 3.05) is 7.05 Å². The first-order chi connectivity index (χ1) is 9.09. The molecule has 5 heteroatoms. The summed E-state index contributed by atoms with van der Waals surface area (Å²) in [4.78, 5) is 18.0. The third-order valence-electron chi connectivity index (χ3n) is 3.77. The van der Waals surface area contributed by atoms with Crippen molar-refractivity contribution >= 4 is 17.5 Å². The Labute approximate surface area is 118 Å². The molecule has 0 atom stereocenters. The van der Waals surface area contributed by atoms with Gasteiger partial charge in [0.05, 0.1) is 6.07 Å². The molecule has 1 aliphatic carbocycles. The van der Waals surface area contributed by atoms with E-state index < -0.39 is 5.54 Å². The summed E-state index contributed by atoms with van der Waals surface area (Å²) in [6, 6.07) is 7.27. The molecule has 1 amide bonds. The lowest BCUT2D eigenvalue weighted by molar-refractivity contribution is 0.0583. The van der Waals surface area contributed by atoms with Gasteiger partial charge >= 0.3 is 0 Å². The molecular formula is C14H16ClN3O. The van der Waals surface area contributed by atoms with Gasteiger partial charge in [-0.2, -0.15) is 5.26 Å². The van der Waals surface area contributed by atoms with Crippen molar-refractivity contribution in [3.8, 4) is 6.07 Å². The molecule has 100 valence electrons. The second kappa shape index (κ2) is 5.58. The topological polar surface area (TPSA) is 57.0 Å². The number of rotatable bonds is 2. The van der Waals surface area contributed by atoms with E-state index in [2.05, 4.69) is 11.1 Å². The number of pyridine rings is 1. The van der Waals surface area contributed by atoms with Crippen LogP contribution in [0, 0.1) is 11.3 Å². The number of amides is 1. The highest BCUT2D eigenvalue weighted by Crippen LogP contribution is 2.33. The van der Waals surface area contributed by atoms with Gasteiger partial charge in [0.2, 0.25) is 0 Å². The van der Waals surface area contributed by atoms with E-state index in [4.69, 9.17) is 11.6 Å². The fraction of sp³-hybridized carbons (Fsp3) is 0.500. The van der Waals surface area contributed by atoms with Crippen LogP contribution < -0.4 is 0 Å². The average Bonchev–Trinajstić information content (AvgIpc) is 2.46. The Morgan fingerprint density at radius 2 is 2.11 bits per heavy atom. The maximum absolute atomic E-state index is 12.4. The van der Waals surface area contributed by atoms with Crippen LogP contribution in [0.25, 0.3) is 0 Å². The van der Waals surface area contributed by atoms with Gasteiger partial charge < -0.3 is 4.90 Å². The monoisotopic (exact) mass is 277 g/mol. The molecule has 1 saturated carbocycles. The second-order valence-electron chi connectivity index (χ2n) is 4.91. The lowest BCUT2D eigenvalue weighted by Gasteiger charge is -2.38. The van der Waals surface area contributed by atoms with E-state index in [0.717, 1.165) is 32.1 Å². The molecule has 0 aromatic carbocycles. The number of hydrogen-bond acceptors (Lipinski definition) is 3. The number of hydrogen-bond donors (Lipinski definition) is 0. The van der Waals surface area contributed by atoms with Crippen molar-refractivity contribution in [3.05, 3.63) is 29.0 Å². The summed E-state index contributed by atoms with van der Waals surface area (Å²) in [5.74, 6) is -0.244. The van der Waals surface area contributed by atoms with Crippen LogP contribution in [0.1, 0.15) is 42.6 Å². The Kier molecular flexibility index (Phi) is 4.06. The van der Waals surface area contributed by atoms with Crippen molar-refractivity contribution in [1.82, 2.24) is 9.88 Å². The SMILES string of the molecule is CN(C(=O)c1cccc(Cl)n1)C1(C#N)CCCCC1. The zero-order chi connectivity index (χ0) is 13.9. The van der Waals surface area contributed by atoms with Gasteiger partial charge in [0.25, 0.3) is 5.91 Å². The minimum Gasteiger partial charge on any atom is -0.322 e. The van der Waals surface area contributed by atoms with E-state index in [1.54, 1.807) is 25.2 Å². The van der Waals surface area contributed by atoms with Crippen LogP contribution in [-0.4, -0.2) is 28.4 Å². The molecule has 19 heavy (non-hydrogen) atoms. The minimum atomic E-state index is -0.695. The van der Waals surface area contributed by atoms with Crippen LogP contribution >= 0.6 is 11.6 Å². The number of nitrogens with zero attached hydrogens (tertiary/aromatic N) is 3. The fourth-order valence-corrected chi connectivity index (χ4v) is 2.72. The predicted molar refractivity (Wildman–Crippen MR) is 72.8 cm³/mol. The van der Waals surface area contributed by atoms with Crippen LogP contribution in [0.3, 0.4) is 0 Å². The molecule has 1 heterocycles. The highest BCUT2D eigenvalue weighted by Gasteiger charge is 2.39. The number of aromatic nitrogens is 1. The first-order valence-corrected chi connectivity index (χ1v) is 6.79. The molecule has 1 aromatic heterocycles. The first kappa shape index (κ1) is 13.8. The molecule has 0 bridgehead atoms. The van der Waals surface area contributed by atoms with Crippen molar-refractivity contribution in [3.63, 3.8) is 0 Å². The normalized spacial score (nSPS) is 17.5. The smallest absolute Gasteiger partial charge is 0.273 e. The Bertz CT molecular complexity index is 518. The van der Waals surface area contributed by atoms with E-state index in [9.17, 15) is 10.1 Å². The fourth-order valence-electron chi connectivity index (χ4n) is 2.55. The lowest BCUT2D eigenvalue weighted by atomic mass is 9.81. The maximum atomic E-state index is 12.4. The Balaban J connectivity index is 2.25. The summed E-state index contributed by atoms with van der Waals surface area (Å²) in [6.45, 7) is 0. The average molecular weight is 278 g/mol. The minimum absolute atomic E-state index is 0.244.